The van der Waals surface area contributed by atoms with Crippen molar-refractivity contribution in [2.45, 2.75) is 18.7 Å². The van der Waals surface area contributed by atoms with Crippen molar-refractivity contribution in [2.75, 3.05) is 11.1 Å². The predicted octanol–water partition coefficient (Wildman–Crippen LogP) is 4.85. The molecule has 0 aliphatic carbocycles. The molecule has 0 unspecified atom stereocenters. The van der Waals surface area contributed by atoms with Crippen LogP contribution in [0.5, 0.6) is 5.75 Å². The number of hydrogen-bond donors (Lipinski definition) is 1. The standard InChI is InChI=1S/C19H18BrClN4O2S/c1-12-7-8-15(13(20)9-12)22-18(26)11-28-19-24-23-17(25(19)2)10-27-16-6-4-3-5-14(16)21/h3-9H,10-11H2,1-2H3,(H,22,26). The maximum atomic E-state index is 12.2. The van der Waals surface area contributed by atoms with E-state index in [4.69, 9.17) is 16.3 Å². The molecule has 0 radical (unpaired) electrons. The maximum Gasteiger partial charge on any atom is 0.234 e. The summed E-state index contributed by atoms with van der Waals surface area (Å²) >= 11 is 10.9. The Bertz CT molecular complexity index is 996. The molecule has 0 atom stereocenters. The first kappa shape index (κ1) is 20.7. The van der Waals surface area contributed by atoms with Crippen molar-refractivity contribution in [3.05, 3.63) is 63.3 Å². The molecule has 146 valence electrons. The number of anilines is 1. The highest BCUT2D eigenvalue weighted by Crippen LogP contribution is 2.25. The SMILES string of the molecule is Cc1ccc(NC(=O)CSc2nnc(COc3ccccc3Cl)n2C)c(Br)c1. The van der Waals surface area contributed by atoms with E-state index in [1.807, 2.05) is 44.3 Å². The molecule has 0 aliphatic heterocycles. The summed E-state index contributed by atoms with van der Waals surface area (Å²) in [5.74, 6) is 1.33. The zero-order valence-corrected chi connectivity index (χ0v) is 18.4. The van der Waals surface area contributed by atoms with Crippen molar-refractivity contribution in [1.82, 2.24) is 14.8 Å². The van der Waals surface area contributed by atoms with E-state index < -0.39 is 0 Å². The highest BCUT2D eigenvalue weighted by Gasteiger charge is 2.13. The minimum Gasteiger partial charge on any atom is -0.484 e. The Morgan fingerprint density at radius 2 is 2.07 bits per heavy atom. The van der Waals surface area contributed by atoms with Crippen molar-refractivity contribution in [3.63, 3.8) is 0 Å². The molecule has 0 bridgehead atoms. The Balaban J connectivity index is 1.55. The number of nitrogens with zero attached hydrogens (tertiary/aromatic N) is 3. The maximum absolute atomic E-state index is 12.2. The smallest absolute Gasteiger partial charge is 0.234 e. The molecule has 3 rings (SSSR count). The Hall–Kier alpha value is -2.03. The number of para-hydroxylation sites is 1. The number of ether oxygens (including phenoxy) is 1. The molecule has 0 saturated heterocycles. The lowest BCUT2D eigenvalue weighted by molar-refractivity contribution is -0.113. The summed E-state index contributed by atoms with van der Waals surface area (Å²) in [5.41, 5.74) is 1.85. The molecule has 0 saturated carbocycles. The van der Waals surface area contributed by atoms with Gasteiger partial charge in [-0.25, -0.2) is 0 Å². The zero-order chi connectivity index (χ0) is 20.1. The third kappa shape index (κ3) is 5.27. The van der Waals surface area contributed by atoms with Gasteiger partial charge < -0.3 is 14.6 Å². The second kappa shape index (κ2) is 9.45. The fourth-order valence-corrected chi connectivity index (χ4v) is 3.85. The molecule has 1 aromatic heterocycles. The van der Waals surface area contributed by atoms with Crippen LogP contribution < -0.4 is 10.1 Å². The molecule has 9 heteroatoms. The molecule has 3 aromatic rings. The Kier molecular flexibility index (Phi) is 6.98. The summed E-state index contributed by atoms with van der Waals surface area (Å²) in [6.07, 6.45) is 0. The highest BCUT2D eigenvalue weighted by molar-refractivity contribution is 9.10. The van der Waals surface area contributed by atoms with Crippen LogP contribution in [0.15, 0.2) is 52.1 Å². The number of amides is 1. The Morgan fingerprint density at radius 3 is 2.82 bits per heavy atom. The lowest BCUT2D eigenvalue weighted by Crippen LogP contribution is -2.15. The molecule has 1 heterocycles. The average Bonchev–Trinajstić information content (AvgIpc) is 3.01. The Morgan fingerprint density at radius 1 is 1.29 bits per heavy atom. The summed E-state index contributed by atoms with van der Waals surface area (Å²) in [7, 11) is 1.84. The van der Waals surface area contributed by atoms with Gasteiger partial charge in [0.05, 0.1) is 16.5 Å². The van der Waals surface area contributed by atoms with E-state index in [1.54, 1.807) is 16.7 Å². The van der Waals surface area contributed by atoms with E-state index in [2.05, 4.69) is 31.4 Å². The average molecular weight is 482 g/mol. The summed E-state index contributed by atoms with van der Waals surface area (Å²) < 4.78 is 8.35. The van der Waals surface area contributed by atoms with Crippen LogP contribution in [-0.2, 0) is 18.4 Å². The van der Waals surface area contributed by atoms with Gasteiger partial charge in [0.25, 0.3) is 0 Å². The van der Waals surface area contributed by atoms with E-state index in [1.165, 1.54) is 11.8 Å². The summed E-state index contributed by atoms with van der Waals surface area (Å²) in [4.78, 5) is 12.2. The van der Waals surface area contributed by atoms with Gasteiger partial charge in [-0.2, -0.15) is 0 Å². The van der Waals surface area contributed by atoms with Crippen LogP contribution >= 0.6 is 39.3 Å². The number of halogens is 2. The molecule has 2 aromatic carbocycles. The molecular weight excluding hydrogens is 464 g/mol. The van der Waals surface area contributed by atoms with Crippen LogP contribution in [0.4, 0.5) is 5.69 Å². The van der Waals surface area contributed by atoms with Crippen LogP contribution in [0.3, 0.4) is 0 Å². The fourth-order valence-electron chi connectivity index (χ4n) is 2.34. The normalized spacial score (nSPS) is 10.7. The van der Waals surface area contributed by atoms with Crippen molar-refractivity contribution < 1.29 is 9.53 Å². The van der Waals surface area contributed by atoms with Crippen LogP contribution in [0.25, 0.3) is 0 Å². The second-order valence-electron chi connectivity index (χ2n) is 6.00. The number of carbonyl (C=O) groups excluding carboxylic acids is 1. The lowest BCUT2D eigenvalue weighted by Gasteiger charge is -2.09. The first-order valence-electron chi connectivity index (χ1n) is 8.38. The fraction of sp³-hybridized carbons (Fsp3) is 0.211. The van der Waals surface area contributed by atoms with Gasteiger partial charge in [0, 0.05) is 11.5 Å². The van der Waals surface area contributed by atoms with E-state index >= 15 is 0 Å². The first-order valence-corrected chi connectivity index (χ1v) is 10.5. The molecule has 1 N–H and O–H groups in total. The molecule has 28 heavy (non-hydrogen) atoms. The van der Waals surface area contributed by atoms with Crippen LogP contribution in [0.2, 0.25) is 5.02 Å². The number of rotatable bonds is 7. The molecular formula is C19H18BrClN4O2S. The topological polar surface area (TPSA) is 69.0 Å². The van der Waals surface area contributed by atoms with Crippen molar-refractivity contribution in [3.8, 4) is 5.75 Å². The summed E-state index contributed by atoms with van der Waals surface area (Å²) in [6, 6.07) is 13.0. The largest absolute Gasteiger partial charge is 0.484 e. The van der Waals surface area contributed by atoms with Crippen LogP contribution in [0, 0.1) is 6.92 Å². The minimum absolute atomic E-state index is 0.119. The monoisotopic (exact) mass is 480 g/mol. The minimum atomic E-state index is -0.119. The van der Waals surface area contributed by atoms with Gasteiger partial charge in [-0.1, -0.05) is 41.6 Å². The summed E-state index contributed by atoms with van der Waals surface area (Å²) in [6.45, 7) is 2.23. The Labute approximate surface area is 180 Å². The van der Waals surface area contributed by atoms with E-state index in [9.17, 15) is 4.79 Å². The van der Waals surface area contributed by atoms with Gasteiger partial charge in [0.1, 0.15) is 12.4 Å². The van der Waals surface area contributed by atoms with Gasteiger partial charge in [0.2, 0.25) is 5.91 Å². The van der Waals surface area contributed by atoms with Gasteiger partial charge >= 0.3 is 0 Å². The predicted molar refractivity (Wildman–Crippen MR) is 115 cm³/mol. The van der Waals surface area contributed by atoms with E-state index in [-0.39, 0.29) is 18.3 Å². The molecule has 0 spiro atoms. The molecule has 0 fully saturated rings. The van der Waals surface area contributed by atoms with Crippen LogP contribution in [-0.4, -0.2) is 26.4 Å². The molecule has 0 aliphatic rings. The third-order valence-corrected chi connectivity index (χ3v) is 5.84. The molecule has 1 amide bonds. The van der Waals surface area contributed by atoms with Gasteiger partial charge in [0.15, 0.2) is 11.0 Å². The van der Waals surface area contributed by atoms with Crippen LogP contribution in [0.1, 0.15) is 11.4 Å². The van der Waals surface area contributed by atoms with Crippen molar-refractivity contribution in [2.24, 2.45) is 7.05 Å². The second-order valence-corrected chi connectivity index (χ2v) is 8.20. The zero-order valence-electron chi connectivity index (χ0n) is 15.3. The number of thioether (sulfide) groups is 1. The number of benzene rings is 2. The quantitative estimate of drug-likeness (QED) is 0.489. The van der Waals surface area contributed by atoms with Crippen molar-refractivity contribution in [1.29, 1.82) is 0 Å². The third-order valence-electron chi connectivity index (χ3n) is 3.85. The van der Waals surface area contributed by atoms with E-state index in [0.717, 1.165) is 15.7 Å². The van der Waals surface area contributed by atoms with Gasteiger partial charge in [-0.05, 0) is 52.7 Å². The van der Waals surface area contributed by atoms with E-state index in [0.29, 0.717) is 21.8 Å². The molecule has 6 nitrogen and oxygen atoms in total. The van der Waals surface area contributed by atoms with Crippen molar-refractivity contribution >= 4 is 50.9 Å². The number of aromatic nitrogens is 3. The summed E-state index contributed by atoms with van der Waals surface area (Å²) in [5, 5.41) is 12.3. The number of carbonyl (C=O) groups is 1. The highest BCUT2D eigenvalue weighted by atomic mass is 79.9. The number of nitrogens with one attached hydrogen (secondary N) is 1. The van der Waals surface area contributed by atoms with Gasteiger partial charge in [-0.3, -0.25) is 4.79 Å². The lowest BCUT2D eigenvalue weighted by atomic mass is 10.2. The van der Waals surface area contributed by atoms with Gasteiger partial charge in [-0.15, -0.1) is 10.2 Å². The number of hydrogen-bond acceptors (Lipinski definition) is 5. The number of aryl methyl sites for hydroxylation is 1. The first-order chi connectivity index (χ1) is 13.4.